The Kier molecular flexibility index (Phi) is 4.70. The lowest BCUT2D eigenvalue weighted by Gasteiger charge is -2.20. The first-order valence-corrected chi connectivity index (χ1v) is 10.8. The van der Waals surface area contributed by atoms with Crippen molar-refractivity contribution in [3.05, 3.63) is 54.4 Å². The number of rotatable bonds is 5. The molecule has 1 saturated heterocycles. The molecular weight excluding hydrogens is 362 g/mol. The Balaban J connectivity index is 1.72. The molecule has 0 aliphatic carbocycles. The van der Waals surface area contributed by atoms with Crippen molar-refractivity contribution in [3.8, 4) is 5.75 Å². The van der Waals surface area contributed by atoms with E-state index in [1.165, 1.54) is 6.26 Å². The maximum Gasteiger partial charge on any atom is 0.192 e. The Hall–Kier alpha value is -2.67. The van der Waals surface area contributed by atoms with E-state index in [0.717, 1.165) is 48.3 Å². The van der Waals surface area contributed by atoms with Crippen LogP contribution in [-0.4, -0.2) is 37.7 Å². The number of ether oxygens (including phenoxy) is 1. The summed E-state index contributed by atoms with van der Waals surface area (Å²) in [6.07, 6.45) is 6.80. The number of nitrogens with zero attached hydrogens (tertiary/aromatic N) is 3. The SMILES string of the molecule is CS(=O)(=O)c1cc(N2CCCC2)c2ccc(COc3ccncc3)cc2n1. The number of benzene rings is 1. The fraction of sp³-hybridized carbons (Fsp3) is 0.300. The van der Waals surface area contributed by atoms with E-state index in [9.17, 15) is 8.42 Å². The van der Waals surface area contributed by atoms with Crippen molar-refractivity contribution < 1.29 is 13.2 Å². The maximum absolute atomic E-state index is 12.1. The number of anilines is 1. The van der Waals surface area contributed by atoms with Crippen molar-refractivity contribution in [1.82, 2.24) is 9.97 Å². The summed E-state index contributed by atoms with van der Waals surface area (Å²) in [4.78, 5) is 10.6. The number of fused-ring (bicyclic) bond motifs is 1. The third kappa shape index (κ3) is 3.88. The van der Waals surface area contributed by atoms with Crippen LogP contribution in [0.25, 0.3) is 10.9 Å². The minimum Gasteiger partial charge on any atom is -0.489 e. The monoisotopic (exact) mass is 383 g/mol. The van der Waals surface area contributed by atoms with Crippen LogP contribution in [0.4, 0.5) is 5.69 Å². The van der Waals surface area contributed by atoms with E-state index in [1.807, 2.05) is 18.2 Å². The third-order valence-corrected chi connectivity index (χ3v) is 5.68. The van der Waals surface area contributed by atoms with Crippen LogP contribution in [0.15, 0.2) is 53.8 Å². The molecule has 0 atom stereocenters. The van der Waals surface area contributed by atoms with Crippen molar-refractivity contribution in [1.29, 1.82) is 0 Å². The summed E-state index contributed by atoms with van der Waals surface area (Å²) in [6, 6.07) is 11.2. The average molecular weight is 383 g/mol. The minimum atomic E-state index is -3.39. The molecule has 0 spiro atoms. The number of hydrogen-bond acceptors (Lipinski definition) is 6. The molecule has 7 heteroatoms. The molecule has 1 aliphatic heterocycles. The largest absolute Gasteiger partial charge is 0.489 e. The van der Waals surface area contributed by atoms with E-state index in [1.54, 1.807) is 30.6 Å². The lowest BCUT2D eigenvalue weighted by Crippen LogP contribution is -2.19. The van der Waals surface area contributed by atoms with Crippen LogP contribution in [-0.2, 0) is 16.4 Å². The molecule has 27 heavy (non-hydrogen) atoms. The van der Waals surface area contributed by atoms with Gasteiger partial charge in [0.15, 0.2) is 14.9 Å². The van der Waals surface area contributed by atoms with E-state index in [2.05, 4.69) is 14.9 Å². The lowest BCUT2D eigenvalue weighted by atomic mass is 10.1. The van der Waals surface area contributed by atoms with Crippen LogP contribution in [0.2, 0.25) is 0 Å². The first kappa shape index (κ1) is 17.7. The Morgan fingerprint density at radius 1 is 1.07 bits per heavy atom. The maximum atomic E-state index is 12.1. The van der Waals surface area contributed by atoms with Gasteiger partial charge in [-0.1, -0.05) is 12.1 Å². The summed E-state index contributed by atoms with van der Waals surface area (Å²) in [6.45, 7) is 2.26. The molecule has 0 unspecified atom stereocenters. The van der Waals surface area contributed by atoms with Gasteiger partial charge in [0.1, 0.15) is 12.4 Å². The molecule has 2 aromatic heterocycles. The van der Waals surface area contributed by atoms with Crippen LogP contribution in [0.1, 0.15) is 18.4 Å². The molecule has 1 fully saturated rings. The normalized spacial score (nSPS) is 14.6. The van der Waals surface area contributed by atoms with Crippen molar-refractivity contribution >= 4 is 26.4 Å². The van der Waals surface area contributed by atoms with E-state index in [-0.39, 0.29) is 5.03 Å². The predicted molar refractivity (Wildman–Crippen MR) is 105 cm³/mol. The highest BCUT2D eigenvalue weighted by Crippen LogP contribution is 2.31. The van der Waals surface area contributed by atoms with Crippen molar-refractivity contribution in [2.75, 3.05) is 24.2 Å². The smallest absolute Gasteiger partial charge is 0.192 e. The van der Waals surface area contributed by atoms with Gasteiger partial charge in [-0.3, -0.25) is 4.98 Å². The zero-order valence-corrected chi connectivity index (χ0v) is 15.9. The fourth-order valence-electron chi connectivity index (χ4n) is 3.33. The Labute approximate surface area is 158 Å². The van der Waals surface area contributed by atoms with Crippen LogP contribution in [0.5, 0.6) is 5.75 Å². The van der Waals surface area contributed by atoms with E-state index >= 15 is 0 Å². The van der Waals surface area contributed by atoms with Gasteiger partial charge < -0.3 is 9.64 Å². The van der Waals surface area contributed by atoms with E-state index < -0.39 is 9.84 Å². The Morgan fingerprint density at radius 3 is 2.52 bits per heavy atom. The second-order valence-electron chi connectivity index (χ2n) is 6.77. The highest BCUT2D eigenvalue weighted by atomic mass is 32.2. The van der Waals surface area contributed by atoms with Gasteiger partial charge in [0.2, 0.25) is 0 Å². The summed E-state index contributed by atoms with van der Waals surface area (Å²) in [7, 11) is -3.39. The molecule has 1 aromatic carbocycles. The van der Waals surface area contributed by atoms with Crippen LogP contribution in [0.3, 0.4) is 0 Å². The van der Waals surface area contributed by atoms with Gasteiger partial charge in [-0.25, -0.2) is 13.4 Å². The number of hydrogen-bond donors (Lipinski definition) is 0. The van der Waals surface area contributed by atoms with Gasteiger partial charge in [-0.15, -0.1) is 0 Å². The molecule has 0 amide bonds. The Bertz CT molecular complexity index is 1060. The van der Waals surface area contributed by atoms with Crippen LogP contribution in [0, 0.1) is 0 Å². The van der Waals surface area contributed by atoms with Crippen molar-refractivity contribution in [3.63, 3.8) is 0 Å². The number of sulfone groups is 1. The molecule has 3 aromatic rings. The zero-order valence-electron chi connectivity index (χ0n) is 15.1. The molecule has 0 bridgehead atoms. The quantitative estimate of drug-likeness (QED) is 0.674. The molecule has 0 N–H and O–H groups in total. The van der Waals surface area contributed by atoms with Crippen molar-refractivity contribution in [2.45, 2.75) is 24.5 Å². The number of pyridine rings is 2. The first-order valence-electron chi connectivity index (χ1n) is 8.92. The van der Waals surface area contributed by atoms with Gasteiger partial charge in [0.25, 0.3) is 0 Å². The molecule has 140 valence electrons. The number of aromatic nitrogens is 2. The molecule has 3 heterocycles. The van der Waals surface area contributed by atoms with E-state index in [4.69, 9.17) is 4.74 Å². The summed E-state index contributed by atoms with van der Waals surface area (Å²) >= 11 is 0. The minimum absolute atomic E-state index is 0.115. The molecular formula is C20H21N3O3S. The molecule has 1 aliphatic rings. The standard InChI is InChI=1S/C20H21N3O3S/c1-27(24,25)20-13-19(23-10-2-3-11-23)17-5-4-15(12-18(17)22-20)14-26-16-6-8-21-9-7-16/h4-9,12-13H,2-3,10-11,14H2,1H3. The molecule has 0 saturated carbocycles. The summed E-state index contributed by atoms with van der Waals surface area (Å²) in [5.74, 6) is 0.737. The van der Waals surface area contributed by atoms with Gasteiger partial charge in [0, 0.05) is 42.8 Å². The van der Waals surface area contributed by atoms with Gasteiger partial charge in [0.05, 0.1) is 5.52 Å². The highest BCUT2D eigenvalue weighted by molar-refractivity contribution is 7.90. The second-order valence-corrected chi connectivity index (χ2v) is 8.73. The van der Waals surface area contributed by atoms with Crippen molar-refractivity contribution in [2.24, 2.45) is 0 Å². The lowest BCUT2D eigenvalue weighted by molar-refractivity contribution is 0.306. The van der Waals surface area contributed by atoms with Crippen LogP contribution < -0.4 is 9.64 Å². The second kappa shape index (κ2) is 7.15. The Morgan fingerprint density at radius 2 is 1.81 bits per heavy atom. The summed E-state index contributed by atoms with van der Waals surface area (Å²) < 4.78 is 30.0. The van der Waals surface area contributed by atoms with E-state index in [0.29, 0.717) is 12.1 Å². The first-order chi connectivity index (χ1) is 13.0. The molecule has 6 nitrogen and oxygen atoms in total. The summed E-state index contributed by atoms with van der Waals surface area (Å²) in [5.41, 5.74) is 2.56. The zero-order chi connectivity index (χ0) is 18.9. The predicted octanol–water partition coefficient (Wildman–Crippen LogP) is 3.21. The average Bonchev–Trinajstić information content (AvgIpc) is 3.20. The van der Waals surface area contributed by atoms with Gasteiger partial charge in [-0.2, -0.15) is 0 Å². The topological polar surface area (TPSA) is 72.4 Å². The molecule has 0 radical (unpaired) electrons. The fourth-order valence-corrected chi connectivity index (χ4v) is 3.92. The van der Waals surface area contributed by atoms with Crippen LogP contribution >= 0.6 is 0 Å². The van der Waals surface area contributed by atoms with Gasteiger partial charge in [-0.05, 0) is 42.7 Å². The summed E-state index contributed by atoms with van der Waals surface area (Å²) in [5, 5.41) is 1.08. The molecule has 4 rings (SSSR count). The highest BCUT2D eigenvalue weighted by Gasteiger charge is 2.20. The third-order valence-electron chi connectivity index (χ3n) is 4.71. The van der Waals surface area contributed by atoms with Gasteiger partial charge >= 0.3 is 0 Å².